The molecule has 1 aliphatic heterocycles. The van der Waals surface area contributed by atoms with Crippen LogP contribution in [0.3, 0.4) is 0 Å². The summed E-state index contributed by atoms with van der Waals surface area (Å²) in [5.74, 6) is 0. The predicted octanol–water partition coefficient (Wildman–Crippen LogP) is 8.17. The van der Waals surface area contributed by atoms with Gasteiger partial charge in [-0.05, 0) is 91.3 Å². The van der Waals surface area contributed by atoms with Crippen molar-refractivity contribution in [3.8, 4) is 11.1 Å². The number of fused-ring (bicyclic) bond motifs is 10. The van der Waals surface area contributed by atoms with E-state index in [0.29, 0.717) is 0 Å². The van der Waals surface area contributed by atoms with Crippen molar-refractivity contribution in [3.05, 3.63) is 95.2 Å². The summed E-state index contributed by atoms with van der Waals surface area (Å²) in [6.45, 7) is 19.5. The number of benzene rings is 4. The van der Waals surface area contributed by atoms with E-state index in [9.17, 15) is 0 Å². The standard InChI is InChI=1S/C38H36BNO2/c1-9-24-26-13-11-12-14-32(26)40-33-21-28-22(19-29(33)25(10-2)35(24)40)15-18-30-34(28)27-17-16-23(20-31(27)36(30,3)4)39-41-37(5,6)38(7,8)42-39/h9-21H,2H2,1,3-8H3/b24-9-. The second-order valence-corrected chi connectivity index (χ2v) is 13.6. The van der Waals surface area contributed by atoms with Crippen LogP contribution in [0.1, 0.15) is 65.2 Å². The molecule has 4 aromatic carbocycles. The molecule has 42 heavy (non-hydrogen) atoms. The summed E-state index contributed by atoms with van der Waals surface area (Å²) in [7, 11) is -0.377. The largest absolute Gasteiger partial charge is 0.494 e. The fourth-order valence-corrected chi connectivity index (χ4v) is 7.55. The molecule has 0 unspecified atom stereocenters. The second-order valence-electron chi connectivity index (χ2n) is 13.6. The van der Waals surface area contributed by atoms with Gasteiger partial charge in [0.05, 0.1) is 27.8 Å². The normalized spacial score (nSPS) is 18.9. The molecule has 1 aliphatic carbocycles. The summed E-state index contributed by atoms with van der Waals surface area (Å²) < 4.78 is 15.3. The van der Waals surface area contributed by atoms with Crippen LogP contribution in [0, 0.1) is 0 Å². The summed E-state index contributed by atoms with van der Waals surface area (Å²) >= 11 is 0. The molecule has 0 amide bonds. The molecule has 208 valence electrons. The molecular weight excluding hydrogens is 513 g/mol. The van der Waals surface area contributed by atoms with Crippen LogP contribution >= 0.6 is 0 Å². The van der Waals surface area contributed by atoms with Gasteiger partial charge in [-0.2, -0.15) is 0 Å². The molecule has 3 nitrogen and oxygen atoms in total. The maximum Gasteiger partial charge on any atom is 0.494 e. The quantitative estimate of drug-likeness (QED) is 0.203. The molecule has 0 atom stereocenters. The second kappa shape index (κ2) is 8.15. The predicted molar refractivity (Wildman–Crippen MR) is 179 cm³/mol. The van der Waals surface area contributed by atoms with Crippen LogP contribution in [0.25, 0.3) is 61.4 Å². The molecule has 2 aromatic heterocycles. The summed E-state index contributed by atoms with van der Waals surface area (Å²) in [5, 5.41) is 6.34. The van der Waals surface area contributed by atoms with Gasteiger partial charge in [0, 0.05) is 27.0 Å². The van der Waals surface area contributed by atoms with Crippen molar-refractivity contribution in [2.45, 2.75) is 65.1 Å². The number of hydrogen-bond donors (Lipinski definition) is 0. The van der Waals surface area contributed by atoms with Gasteiger partial charge in [-0.25, -0.2) is 0 Å². The first kappa shape index (κ1) is 25.8. The Balaban J connectivity index is 1.41. The monoisotopic (exact) mass is 549 g/mol. The van der Waals surface area contributed by atoms with Crippen molar-refractivity contribution in [3.63, 3.8) is 0 Å². The number of nitrogens with zero attached hydrogens (tertiary/aromatic N) is 1. The molecule has 6 aromatic rings. The van der Waals surface area contributed by atoms with Gasteiger partial charge in [0.25, 0.3) is 0 Å². The molecule has 0 saturated carbocycles. The first-order chi connectivity index (χ1) is 20.0. The molecule has 0 spiro atoms. The maximum atomic E-state index is 6.44. The average Bonchev–Trinajstić information content (AvgIpc) is 3.59. The lowest BCUT2D eigenvalue weighted by Crippen LogP contribution is -2.41. The van der Waals surface area contributed by atoms with E-state index in [4.69, 9.17) is 9.31 Å². The summed E-state index contributed by atoms with van der Waals surface area (Å²) in [6.07, 6.45) is 4.26. The summed E-state index contributed by atoms with van der Waals surface area (Å²) in [6, 6.07) is 25.0. The third-order valence-corrected chi connectivity index (χ3v) is 10.5. The molecule has 0 radical (unpaired) electrons. The SMILES string of the molecule is C=Cc1c2cc3ccc4c(c3cc2n2c1/c(=C\C)c1ccccc12)-c1ccc(B2OC(C)(C)C(C)(C)O2)cc1C4(C)C. The minimum atomic E-state index is -0.377. The highest BCUT2D eigenvalue weighted by atomic mass is 16.7. The van der Waals surface area contributed by atoms with E-state index in [1.165, 1.54) is 71.1 Å². The lowest BCUT2D eigenvalue weighted by molar-refractivity contribution is 0.00578. The smallest absolute Gasteiger partial charge is 0.399 e. The van der Waals surface area contributed by atoms with Crippen LogP contribution in [0.4, 0.5) is 0 Å². The Hall–Kier alpha value is -3.86. The molecule has 3 heterocycles. The van der Waals surface area contributed by atoms with Crippen LogP contribution in [0.2, 0.25) is 0 Å². The third kappa shape index (κ3) is 3.09. The molecule has 1 saturated heterocycles. The topological polar surface area (TPSA) is 22.9 Å². The minimum Gasteiger partial charge on any atom is -0.399 e. The Bertz CT molecular complexity index is 2200. The molecule has 4 heteroatoms. The Morgan fingerprint density at radius 3 is 2.21 bits per heavy atom. The van der Waals surface area contributed by atoms with Gasteiger partial charge >= 0.3 is 7.12 Å². The fraction of sp³-hybridized carbons (Fsp3) is 0.263. The Kier molecular flexibility index (Phi) is 5.01. The van der Waals surface area contributed by atoms with Crippen LogP contribution in [0.5, 0.6) is 0 Å². The summed E-state index contributed by atoms with van der Waals surface area (Å²) in [5.41, 5.74) is 10.4. The average molecular weight is 550 g/mol. The van der Waals surface area contributed by atoms with Gasteiger partial charge in [-0.1, -0.05) is 81.1 Å². The highest BCUT2D eigenvalue weighted by Crippen LogP contribution is 2.52. The zero-order valence-electron chi connectivity index (χ0n) is 25.6. The fourth-order valence-electron chi connectivity index (χ4n) is 7.55. The van der Waals surface area contributed by atoms with Crippen molar-refractivity contribution in [1.82, 2.24) is 4.40 Å². The highest BCUT2D eigenvalue weighted by Gasteiger charge is 2.52. The molecule has 0 N–H and O–H groups in total. The number of para-hydroxylation sites is 1. The van der Waals surface area contributed by atoms with Gasteiger partial charge in [0.2, 0.25) is 0 Å². The number of hydrogen-bond acceptors (Lipinski definition) is 2. The van der Waals surface area contributed by atoms with Crippen molar-refractivity contribution >= 4 is 62.8 Å². The third-order valence-electron chi connectivity index (χ3n) is 10.5. The lowest BCUT2D eigenvalue weighted by Gasteiger charge is -2.32. The minimum absolute atomic E-state index is 0.147. The van der Waals surface area contributed by atoms with Crippen molar-refractivity contribution in [1.29, 1.82) is 0 Å². The van der Waals surface area contributed by atoms with Crippen LogP contribution in [0.15, 0.2) is 73.3 Å². The van der Waals surface area contributed by atoms with E-state index in [-0.39, 0.29) is 23.7 Å². The van der Waals surface area contributed by atoms with Gasteiger partial charge < -0.3 is 13.7 Å². The van der Waals surface area contributed by atoms with E-state index in [1.807, 2.05) is 6.08 Å². The maximum absolute atomic E-state index is 6.44. The van der Waals surface area contributed by atoms with E-state index in [2.05, 4.69) is 132 Å². The van der Waals surface area contributed by atoms with Crippen molar-refractivity contribution in [2.24, 2.45) is 0 Å². The zero-order chi connectivity index (χ0) is 29.3. The molecule has 1 fully saturated rings. The lowest BCUT2D eigenvalue weighted by atomic mass is 9.74. The van der Waals surface area contributed by atoms with Gasteiger partial charge in [0.1, 0.15) is 0 Å². The molecule has 2 aliphatic rings. The van der Waals surface area contributed by atoms with Gasteiger partial charge in [-0.3, -0.25) is 0 Å². The zero-order valence-corrected chi connectivity index (χ0v) is 25.6. The van der Waals surface area contributed by atoms with E-state index in [1.54, 1.807) is 0 Å². The Labute approximate surface area is 247 Å². The van der Waals surface area contributed by atoms with Crippen LogP contribution in [-0.4, -0.2) is 22.7 Å². The first-order valence-electron chi connectivity index (χ1n) is 15.0. The Morgan fingerprint density at radius 2 is 1.50 bits per heavy atom. The van der Waals surface area contributed by atoms with Crippen molar-refractivity contribution in [2.75, 3.05) is 0 Å². The van der Waals surface area contributed by atoms with Crippen molar-refractivity contribution < 1.29 is 9.31 Å². The van der Waals surface area contributed by atoms with Crippen LogP contribution < -0.4 is 10.7 Å². The van der Waals surface area contributed by atoms with Gasteiger partial charge in [-0.15, -0.1) is 0 Å². The summed E-state index contributed by atoms with van der Waals surface area (Å²) in [4.78, 5) is 0. The van der Waals surface area contributed by atoms with E-state index < -0.39 is 0 Å². The molecule has 0 bridgehead atoms. The van der Waals surface area contributed by atoms with Gasteiger partial charge in [0.15, 0.2) is 0 Å². The van der Waals surface area contributed by atoms with Crippen LogP contribution in [-0.2, 0) is 14.7 Å². The van der Waals surface area contributed by atoms with E-state index in [0.717, 1.165) is 5.46 Å². The van der Waals surface area contributed by atoms with E-state index >= 15 is 0 Å². The molecular formula is C38H36BNO2. The number of rotatable bonds is 2. The Morgan fingerprint density at radius 1 is 0.762 bits per heavy atom. The highest BCUT2D eigenvalue weighted by molar-refractivity contribution is 6.62. The number of aromatic nitrogens is 1. The first-order valence-corrected chi connectivity index (χ1v) is 15.0. The molecule has 8 rings (SSSR count).